The summed E-state index contributed by atoms with van der Waals surface area (Å²) in [6, 6.07) is 10.1. The van der Waals surface area contributed by atoms with Crippen LogP contribution in [-0.4, -0.2) is 33.0 Å². The molecule has 1 N–H and O–H groups in total. The monoisotopic (exact) mass is 333 g/mol. The largest absolute Gasteiger partial charge is 0.322 e. The molecule has 2 aliphatic rings. The third-order valence-corrected chi connectivity index (χ3v) is 5.14. The number of anilines is 1. The van der Waals surface area contributed by atoms with Gasteiger partial charge in [-0.25, -0.2) is 14.8 Å². The molecule has 126 valence electrons. The van der Waals surface area contributed by atoms with Crippen molar-refractivity contribution in [3.63, 3.8) is 0 Å². The average molecular weight is 333 g/mol. The van der Waals surface area contributed by atoms with Crippen LogP contribution < -0.4 is 5.32 Å². The molecule has 1 aromatic carbocycles. The molecule has 2 unspecified atom stereocenters. The van der Waals surface area contributed by atoms with Crippen molar-refractivity contribution in [3.8, 4) is 17.5 Å². The van der Waals surface area contributed by atoms with Gasteiger partial charge in [0.15, 0.2) is 5.82 Å². The van der Waals surface area contributed by atoms with Crippen molar-refractivity contribution in [3.05, 3.63) is 41.7 Å². The van der Waals surface area contributed by atoms with Gasteiger partial charge in [-0.1, -0.05) is 6.07 Å². The number of amides is 2. The van der Waals surface area contributed by atoms with E-state index in [0.717, 1.165) is 36.1 Å². The van der Waals surface area contributed by atoms with Crippen LogP contribution in [0.4, 0.5) is 10.5 Å². The Kier molecular flexibility index (Phi) is 3.85. The van der Waals surface area contributed by atoms with E-state index in [1.165, 1.54) is 6.42 Å². The van der Waals surface area contributed by atoms with Gasteiger partial charge in [0.25, 0.3) is 0 Å². The fourth-order valence-corrected chi connectivity index (χ4v) is 3.82. The number of nitriles is 1. The summed E-state index contributed by atoms with van der Waals surface area (Å²) in [4.78, 5) is 23.1. The third-order valence-electron chi connectivity index (χ3n) is 5.14. The smallest absolute Gasteiger partial charge is 0.318 e. The molecule has 0 radical (unpaired) electrons. The number of urea groups is 1. The highest BCUT2D eigenvalue weighted by Crippen LogP contribution is 2.38. The zero-order valence-corrected chi connectivity index (χ0v) is 14.1. The highest BCUT2D eigenvalue weighted by molar-refractivity contribution is 5.91. The molecular formula is C19H19N5O. The molecule has 2 amide bonds. The Morgan fingerprint density at radius 2 is 2.12 bits per heavy atom. The molecule has 2 atom stereocenters. The molecular weight excluding hydrogens is 314 g/mol. The van der Waals surface area contributed by atoms with E-state index >= 15 is 0 Å². The summed E-state index contributed by atoms with van der Waals surface area (Å²) in [7, 11) is 0. The van der Waals surface area contributed by atoms with Crippen molar-refractivity contribution in [1.82, 2.24) is 14.9 Å². The average Bonchev–Trinajstić information content (AvgIpc) is 2.64. The zero-order chi connectivity index (χ0) is 17.4. The summed E-state index contributed by atoms with van der Waals surface area (Å²) in [5.41, 5.74) is 2.86. The number of carbonyl (C=O) groups is 1. The number of rotatable bonds is 2. The summed E-state index contributed by atoms with van der Waals surface area (Å²) in [5, 5.41) is 12.0. The first-order valence-corrected chi connectivity index (χ1v) is 8.59. The minimum absolute atomic E-state index is 0.0255. The van der Waals surface area contributed by atoms with Crippen molar-refractivity contribution in [1.29, 1.82) is 5.26 Å². The normalized spacial score (nSPS) is 21.2. The maximum Gasteiger partial charge on any atom is 0.322 e. The van der Waals surface area contributed by atoms with E-state index in [2.05, 4.69) is 15.3 Å². The van der Waals surface area contributed by atoms with Crippen LogP contribution in [0, 0.1) is 18.3 Å². The van der Waals surface area contributed by atoms with Crippen molar-refractivity contribution < 1.29 is 4.79 Å². The van der Waals surface area contributed by atoms with Gasteiger partial charge >= 0.3 is 6.03 Å². The maximum atomic E-state index is 12.6. The molecule has 1 aromatic heterocycles. The first-order valence-electron chi connectivity index (χ1n) is 8.59. The van der Waals surface area contributed by atoms with E-state index < -0.39 is 0 Å². The van der Waals surface area contributed by atoms with Gasteiger partial charge in [0.1, 0.15) is 11.8 Å². The summed E-state index contributed by atoms with van der Waals surface area (Å²) >= 11 is 0. The number of nitrogens with zero attached hydrogens (tertiary/aromatic N) is 4. The maximum absolute atomic E-state index is 12.6. The first kappa shape index (κ1) is 15.6. The SMILES string of the molecule is Cc1ccc(NC(=O)N2C3CCCC2C3)cc1-c1nccc(C#N)n1. The number of nitrogens with one attached hydrogen (secondary N) is 1. The van der Waals surface area contributed by atoms with Crippen LogP contribution in [0.2, 0.25) is 0 Å². The number of hydrogen-bond donors (Lipinski definition) is 1. The fraction of sp³-hybridized carbons (Fsp3) is 0.368. The molecule has 6 heteroatoms. The first-order chi connectivity index (χ1) is 12.2. The van der Waals surface area contributed by atoms with Gasteiger partial charge in [-0.3, -0.25) is 0 Å². The Bertz CT molecular complexity index is 858. The number of carbonyl (C=O) groups excluding carboxylic acids is 1. The Hall–Kier alpha value is -2.94. The molecule has 0 saturated carbocycles. The molecule has 0 spiro atoms. The summed E-state index contributed by atoms with van der Waals surface area (Å²) in [5.74, 6) is 0.494. The predicted octanol–water partition coefficient (Wildman–Crippen LogP) is 3.48. The molecule has 2 aromatic rings. The van der Waals surface area contributed by atoms with Crippen molar-refractivity contribution in [2.24, 2.45) is 0 Å². The second kappa shape index (κ2) is 6.17. The molecule has 6 nitrogen and oxygen atoms in total. The quantitative estimate of drug-likeness (QED) is 0.912. The molecule has 2 aliphatic heterocycles. The summed E-state index contributed by atoms with van der Waals surface area (Å²) in [6.07, 6.45) is 6.16. The highest BCUT2D eigenvalue weighted by atomic mass is 16.2. The second-order valence-electron chi connectivity index (χ2n) is 6.72. The fourth-order valence-electron chi connectivity index (χ4n) is 3.82. The van der Waals surface area contributed by atoms with Crippen LogP contribution in [0.3, 0.4) is 0 Å². The molecule has 2 saturated heterocycles. The minimum Gasteiger partial charge on any atom is -0.318 e. The summed E-state index contributed by atoms with van der Waals surface area (Å²) < 4.78 is 0. The van der Waals surface area contributed by atoms with Crippen molar-refractivity contribution in [2.45, 2.75) is 44.7 Å². The molecule has 4 rings (SSSR count). The van der Waals surface area contributed by atoms with Gasteiger partial charge in [0.05, 0.1) is 0 Å². The van der Waals surface area contributed by atoms with Crippen LogP contribution in [0.15, 0.2) is 30.5 Å². The Labute approximate surface area is 146 Å². The Morgan fingerprint density at radius 3 is 2.84 bits per heavy atom. The van der Waals surface area contributed by atoms with E-state index in [0.29, 0.717) is 23.6 Å². The lowest BCUT2D eigenvalue weighted by Gasteiger charge is -2.52. The van der Waals surface area contributed by atoms with Crippen molar-refractivity contribution in [2.75, 3.05) is 5.32 Å². The number of fused-ring (bicyclic) bond motifs is 2. The lowest BCUT2D eigenvalue weighted by molar-refractivity contribution is 0.0173. The van der Waals surface area contributed by atoms with E-state index in [-0.39, 0.29) is 6.03 Å². The second-order valence-corrected chi connectivity index (χ2v) is 6.72. The lowest BCUT2D eigenvalue weighted by Crippen LogP contribution is -2.62. The standard InChI is InChI=1S/C19H19N5O/c1-12-5-6-13(9-17(12)18-21-8-7-14(11-20)22-18)23-19(25)24-15-3-2-4-16(24)10-15/h5-9,15-16H,2-4,10H2,1H3,(H,23,25). The van der Waals surface area contributed by atoms with Crippen LogP contribution in [-0.2, 0) is 0 Å². The summed E-state index contributed by atoms with van der Waals surface area (Å²) in [6.45, 7) is 1.96. The minimum atomic E-state index is -0.0255. The van der Waals surface area contributed by atoms with Gasteiger partial charge in [-0.05, 0) is 56.4 Å². The van der Waals surface area contributed by atoms with E-state index in [4.69, 9.17) is 5.26 Å². The number of piperidine rings is 1. The van der Waals surface area contributed by atoms with Gasteiger partial charge in [0.2, 0.25) is 0 Å². The van der Waals surface area contributed by atoms with Gasteiger partial charge in [-0.15, -0.1) is 0 Å². The van der Waals surface area contributed by atoms with E-state index in [1.807, 2.05) is 36.1 Å². The number of aromatic nitrogens is 2. The third kappa shape index (κ3) is 2.82. The van der Waals surface area contributed by atoms with Crippen LogP contribution >= 0.6 is 0 Å². The zero-order valence-electron chi connectivity index (χ0n) is 14.1. The molecule has 25 heavy (non-hydrogen) atoms. The van der Waals surface area contributed by atoms with Crippen LogP contribution in [0.25, 0.3) is 11.4 Å². The van der Waals surface area contributed by atoms with E-state index in [9.17, 15) is 4.79 Å². The molecule has 0 aliphatic carbocycles. The van der Waals surface area contributed by atoms with Crippen LogP contribution in [0.5, 0.6) is 0 Å². The van der Waals surface area contributed by atoms with E-state index in [1.54, 1.807) is 12.3 Å². The number of benzene rings is 1. The van der Waals surface area contributed by atoms with Crippen LogP contribution in [0.1, 0.15) is 36.9 Å². The highest BCUT2D eigenvalue weighted by Gasteiger charge is 2.44. The molecule has 2 fully saturated rings. The number of aryl methyl sites for hydroxylation is 1. The van der Waals surface area contributed by atoms with Gasteiger partial charge in [0, 0.05) is 29.5 Å². The Morgan fingerprint density at radius 1 is 1.32 bits per heavy atom. The lowest BCUT2D eigenvalue weighted by atomic mass is 9.80. The van der Waals surface area contributed by atoms with Gasteiger partial charge < -0.3 is 10.2 Å². The number of hydrogen-bond acceptors (Lipinski definition) is 4. The topological polar surface area (TPSA) is 81.9 Å². The van der Waals surface area contributed by atoms with Crippen molar-refractivity contribution >= 4 is 11.7 Å². The Balaban J connectivity index is 1.57. The predicted molar refractivity (Wildman–Crippen MR) is 93.8 cm³/mol. The molecule has 3 heterocycles. The van der Waals surface area contributed by atoms with Gasteiger partial charge in [-0.2, -0.15) is 5.26 Å². The molecule has 2 bridgehead atoms.